The van der Waals surface area contributed by atoms with Crippen LogP contribution in [0.4, 0.5) is 0 Å². The van der Waals surface area contributed by atoms with Crippen LogP contribution < -0.4 is 0 Å². The van der Waals surface area contributed by atoms with E-state index in [0.29, 0.717) is 0 Å². The molecule has 0 saturated heterocycles. The van der Waals surface area contributed by atoms with Crippen molar-refractivity contribution >= 4 is 38.3 Å². The Bertz CT molecular complexity index is 893. The van der Waals surface area contributed by atoms with Crippen molar-refractivity contribution in [2.45, 2.75) is 19.3 Å². The Hall–Kier alpha value is -1.31. The van der Waals surface area contributed by atoms with Crippen molar-refractivity contribution in [1.29, 1.82) is 0 Å². The van der Waals surface area contributed by atoms with Crippen LogP contribution in [0.25, 0.3) is 21.9 Å². The maximum absolute atomic E-state index is 6.53. The lowest BCUT2D eigenvalue weighted by molar-refractivity contribution is 0.661. The molecule has 3 aromatic carbocycles. The Kier molecular flexibility index (Phi) is 2.76. The molecule has 0 spiro atoms. The number of hydrogen-bond donors (Lipinski definition) is 0. The molecule has 2 heteroatoms. The Morgan fingerprint density at radius 3 is 2.38 bits per heavy atom. The lowest BCUT2D eigenvalue weighted by Crippen LogP contribution is -2.14. The highest BCUT2D eigenvalue weighted by molar-refractivity contribution is 9.10. The summed E-state index contributed by atoms with van der Waals surface area (Å²) in [5, 5.41) is 3.20. The molecule has 0 atom stereocenters. The number of rotatable bonds is 0. The van der Waals surface area contributed by atoms with Crippen molar-refractivity contribution in [2.24, 2.45) is 0 Å². The van der Waals surface area contributed by atoms with Crippen LogP contribution in [-0.4, -0.2) is 0 Å². The first-order valence-corrected chi connectivity index (χ1v) is 8.19. The second-order valence-corrected chi connectivity index (χ2v) is 7.46. The van der Waals surface area contributed by atoms with E-state index < -0.39 is 0 Å². The summed E-state index contributed by atoms with van der Waals surface area (Å²) < 4.78 is 1.11. The number of halogens is 2. The first-order chi connectivity index (χ1) is 10.00. The summed E-state index contributed by atoms with van der Waals surface area (Å²) in [5.41, 5.74) is 5.32. The smallest absolute Gasteiger partial charge is 0.0487 e. The molecule has 21 heavy (non-hydrogen) atoms. The quantitative estimate of drug-likeness (QED) is 0.427. The van der Waals surface area contributed by atoms with Gasteiger partial charge in [-0.2, -0.15) is 0 Å². The summed E-state index contributed by atoms with van der Waals surface area (Å²) in [7, 11) is 0. The summed E-state index contributed by atoms with van der Waals surface area (Å²) in [6, 6.07) is 17.1. The van der Waals surface area contributed by atoms with E-state index in [1.807, 2.05) is 6.07 Å². The summed E-state index contributed by atoms with van der Waals surface area (Å²) >= 11 is 10.1. The first kappa shape index (κ1) is 13.4. The average Bonchev–Trinajstić information content (AvgIpc) is 2.67. The molecule has 3 aromatic rings. The molecular weight excluding hydrogens is 344 g/mol. The van der Waals surface area contributed by atoms with Crippen LogP contribution in [-0.2, 0) is 5.41 Å². The van der Waals surface area contributed by atoms with Crippen LogP contribution in [0, 0.1) is 0 Å². The van der Waals surface area contributed by atoms with E-state index in [0.717, 1.165) is 14.9 Å². The number of benzene rings is 3. The molecule has 0 bridgehead atoms. The molecule has 0 nitrogen and oxygen atoms in total. The van der Waals surface area contributed by atoms with E-state index in [2.05, 4.69) is 72.2 Å². The van der Waals surface area contributed by atoms with Crippen LogP contribution in [0.5, 0.6) is 0 Å². The molecule has 0 heterocycles. The van der Waals surface area contributed by atoms with Gasteiger partial charge >= 0.3 is 0 Å². The minimum absolute atomic E-state index is 0.0148. The van der Waals surface area contributed by atoms with Gasteiger partial charge in [-0.15, -0.1) is 0 Å². The molecular formula is C19H14BrCl. The SMILES string of the molecule is CC1(C)c2ccc(Br)cc2-c2c1cc(Cl)c1ccccc21. The summed E-state index contributed by atoms with van der Waals surface area (Å²) in [6.45, 7) is 4.55. The molecule has 0 aromatic heterocycles. The fourth-order valence-corrected chi connectivity index (χ4v) is 4.16. The Morgan fingerprint density at radius 2 is 1.62 bits per heavy atom. The van der Waals surface area contributed by atoms with Gasteiger partial charge in [-0.1, -0.05) is 71.7 Å². The molecule has 0 unspecified atom stereocenters. The molecule has 0 radical (unpaired) electrons. The highest BCUT2D eigenvalue weighted by Gasteiger charge is 2.36. The van der Waals surface area contributed by atoms with Gasteiger partial charge in [0.2, 0.25) is 0 Å². The first-order valence-electron chi connectivity index (χ1n) is 7.02. The van der Waals surface area contributed by atoms with E-state index in [1.54, 1.807) is 0 Å². The molecule has 4 rings (SSSR count). The molecule has 1 aliphatic carbocycles. The van der Waals surface area contributed by atoms with Gasteiger partial charge < -0.3 is 0 Å². The molecule has 0 saturated carbocycles. The van der Waals surface area contributed by atoms with Crippen LogP contribution in [0.3, 0.4) is 0 Å². The van der Waals surface area contributed by atoms with Crippen molar-refractivity contribution in [3.8, 4) is 11.1 Å². The van der Waals surface area contributed by atoms with Crippen LogP contribution in [0.1, 0.15) is 25.0 Å². The van der Waals surface area contributed by atoms with Crippen LogP contribution in [0.15, 0.2) is 53.0 Å². The molecule has 104 valence electrons. The number of fused-ring (bicyclic) bond motifs is 5. The molecule has 1 aliphatic rings. The van der Waals surface area contributed by atoms with Crippen molar-refractivity contribution in [3.05, 3.63) is 69.2 Å². The fourth-order valence-electron chi connectivity index (χ4n) is 3.53. The predicted octanol–water partition coefficient (Wildman–Crippen LogP) is 6.56. The highest BCUT2D eigenvalue weighted by Crippen LogP contribution is 2.52. The van der Waals surface area contributed by atoms with Crippen molar-refractivity contribution in [1.82, 2.24) is 0 Å². The predicted molar refractivity (Wildman–Crippen MR) is 94.2 cm³/mol. The maximum atomic E-state index is 6.53. The van der Waals surface area contributed by atoms with Gasteiger partial charge in [-0.3, -0.25) is 0 Å². The lowest BCUT2D eigenvalue weighted by atomic mass is 9.82. The van der Waals surface area contributed by atoms with Crippen molar-refractivity contribution < 1.29 is 0 Å². The van der Waals surface area contributed by atoms with E-state index >= 15 is 0 Å². The highest BCUT2D eigenvalue weighted by atomic mass is 79.9. The van der Waals surface area contributed by atoms with Gasteiger partial charge in [0.1, 0.15) is 0 Å². The van der Waals surface area contributed by atoms with Crippen molar-refractivity contribution in [2.75, 3.05) is 0 Å². The third-order valence-corrected chi connectivity index (χ3v) is 5.40. The zero-order valence-corrected chi connectivity index (χ0v) is 14.2. The standard InChI is InChI=1S/C19H14BrCl/c1-19(2)15-8-7-11(20)9-14(15)18-13-6-4-3-5-12(13)17(21)10-16(18)19/h3-10H,1-2H3. The topological polar surface area (TPSA) is 0 Å². The third-order valence-electron chi connectivity index (χ3n) is 4.59. The monoisotopic (exact) mass is 356 g/mol. The second kappa shape index (κ2) is 4.34. The van der Waals surface area contributed by atoms with Gasteiger partial charge in [0.25, 0.3) is 0 Å². The maximum Gasteiger partial charge on any atom is 0.0487 e. The largest absolute Gasteiger partial charge is 0.0837 e. The lowest BCUT2D eigenvalue weighted by Gasteiger charge is -2.22. The number of hydrogen-bond acceptors (Lipinski definition) is 0. The molecule has 0 N–H and O–H groups in total. The summed E-state index contributed by atoms with van der Waals surface area (Å²) in [6.07, 6.45) is 0. The third kappa shape index (κ3) is 1.74. The van der Waals surface area contributed by atoms with Crippen LogP contribution in [0.2, 0.25) is 5.02 Å². The van der Waals surface area contributed by atoms with Gasteiger partial charge in [-0.25, -0.2) is 0 Å². The molecule has 0 fully saturated rings. The van der Waals surface area contributed by atoms with Gasteiger partial charge in [0, 0.05) is 20.3 Å². The Balaban J connectivity index is 2.23. The zero-order valence-electron chi connectivity index (χ0n) is 11.9. The van der Waals surface area contributed by atoms with E-state index in [4.69, 9.17) is 11.6 Å². The normalized spacial score (nSPS) is 15.0. The zero-order chi connectivity index (χ0) is 14.8. The Morgan fingerprint density at radius 1 is 0.905 bits per heavy atom. The van der Waals surface area contributed by atoms with Gasteiger partial charge in [0.05, 0.1) is 0 Å². The van der Waals surface area contributed by atoms with Crippen molar-refractivity contribution in [3.63, 3.8) is 0 Å². The summed E-state index contributed by atoms with van der Waals surface area (Å²) in [4.78, 5) is 0. The van der Waals surface area contributed by atoms with E-state index in [9.17, 15) is 0 Å². The minimum Gasteiger partial charge on any atom is -0.0837 e. The van der Waals surface area contributed by atoms with Gasteiger partial charge in [0.15, 0.2) is 0 Å². The van der Waals surface area contributed by atoms with Gasteiger partial charge in [-0.05, 0) is 45.8 Å². The van der Waals surface area contributed by atoms with E-state index in [1.165, 1.54) is 27.6 Å². The average molecular weight is 358 g/mol. The minimum atomic E-state index is -0.0148. The Labute approximate surface area is 137 Å². The van der Waals surface area contributed by atoms with E-state index in [-0.39, 0.29) is 5.41 Å². The fraction of sp³-hybridized carbons (Fsp3) is 0.158. The molecule has 0 amide bonds. The molecule has 0 aliphatic heterocycles. The second-order valence-electron chi connectivity index (χ2n) is 6.14. The van der Waals surface area contributed by atoms with Crippen LogP contribution >= 0.6 is 27.5 Å². The summed E-state index contributed by atoms with van der Waals surface area (Å²) in [5.74, 6) is 0.